The van der Waals surface area contributed by atoms with Gasteiger partial charge in [0, 0.05) is 24.8 Å². The van der Waals surface area contributed by atoms with Crippen LogP contribution in [0.3, 0.4) is 0 Å². The normalized spacial score (nSPS) is 13.6. The Morgan fingerprint density at radius 3 is 2.56 bits per heavy atom. The lowest BCUT2D eigenvalue weighted by molar-refractivity contribution is 0.0736. The van der Waals surface area contributed by atoms with Gasteiger partial charge in [-0.25, -0.2) is 9.50 Å². The van der Waals surface area contributed by atoms with Gasteiger partial charge >= 0.3 is 0 Å². The first-order valence-electron chi connectivity index (χ1n) is 9.05. The quantitative estimate of drug-likeness (QED) is 0.553. The van der Waals surface area contributed by atoms with Crippen molar-refractivity contribution in [1.82, 2.24) is 19.5 Å². The van der Waals surface area contributed by atoms with Gasteiger partial charge in [0.2, 0.25) is 0 Å². The molecule has 1 amide bonds. The summed E-state index contributed by atoms with van der Waals surface area (Å²) >= 11 is 0. The van der Waals surface area contributed by atoms with Crippen LogP contribution in [-0.2, 0) is 13.0 Å². The fourth-order valence-electron chi connectivity index (χ4n) is 3.71. The van der Waals surface area contributed by atoms with E-state index in [9.17, 15) is 4.79 Å². The first kappa shape index (κ1) is 15.8. The summed E-state index contributed by atoms with van der Waals surface area (Å²) in [4.78, 5) is 19.5. The molecule has 1 aliphatic rings. The largest absolute Gasteiger partial charge is 0.334 e. The molecule has 5 heteroatoms. The number of hydrogen-bond donors (Lipinski definition) is 0. The van der Waals surface area contributed by atoms with Crippen molar-refractivity contribution in [2.45, 2.75) is 13.0 Å². The Morgan fingerprint density at radius 2 is 1.70 bits per heavy atom. The van der Waals surface area contributed by atoms with Gasteiger partial charge in [0.25, 0.3) is 5.91 Å². The summed E-state index contributed by atoms with van der Waals surface area (Å²) in [5.74, 6) is -0.0165. The Bertz CT molecular complexity index is 1130. The standard InChI is InChI=1S/C22H18N4O/c27-22(25-13-11-16-6-4-5-9-18(16)15-25)19-14-24-26-20(10-12-23-21(19)26)17-7-2-1-3-8-17/h1-10,12,14H,11,13,15H2. The number of hydrogen-bond acceptors (Lipinski definition) is 3. The Morgan fingerprint density at radius 1 is 0.926 bits per heavy atom. The van der Waals surface area contributed by atoms with Crippen LogP contribution in [-0.4, -0.2) is 31.9 Å². The fourth-order valence-corrected chi connectivity index (χ4v) is 3.71. The third-order valence-electron chi connectivity index (χ3n) is 5.12. The minimum atomic E-state index is -0.0165. The molecule has 5 rings (SSSR count). The van der Waals surface area contributed by atoms with Crippen molar-refractivity contribution < 1.29 is 4.79 Å². The monoisotopic (exact) mass is 354 g/mol. The van der Waals surface area contributed by atoms with Gasteiger partial charge in [-0.3, -0.25) is 4.79 Å². The molecule has 3 heterocycles. The summed E-state index contributed by atoms with van der Waals surface area (Å²) in [6, 6.07) is 20.2. The van der Waals surface area contributed by atoms with Gasteiger partial charge in [0.05, 0.1) is 11.9 Å². The van der Waals surface area contributed by atoms with Crippen molar-refractivity contribution >= 4 is 11.6 Å². The SMILES string of the molecule is O=C(c1cnn2c(-c3ccccc3)ccnc12)N1CCc2ccccc2C1. The molecule has 4 aromatic rings. The molecule has 0 saturated heterocycles. The van der Waals surface area contributed by atoms with Crippen molar-refractivity contribution in [3.63, 3.8) is 0 Å². The maximum atomic E-state index is 13.2. The second-order valence-electron chi connectivity index (χ2n) is 6.74. The predicted molar refractivity (Wildman–Crippen MR) is 103 cm³/mol. The lowest BCUT2D eigenvalue weighted by Crippen LogP contribution is -2.35. The molecule has 2 aromatic carbocycles. The smallest absolute Gasteiger partial charge is 0.259 e. The maximum Gasteiger partial charge on any atom is 0.259 e. The number of carbonyl (C=O) groups is 1. The van der Waals surface area contributed by atoms with Crippen LogP contribution in [0.15, 0.2) is 73.1 Å². The van der Waals surface area contributed by atoms with Crippen molar-refractivity contribution in [3.8, 4) is 11.3 Å². The lowest BCUT2D eigenvalue weighted by Gasteiger charge is -2.28. The van der Waals surface area contributed by atoms with E-state index in [-0.39, 0.29) is 5.91 Å². The van der Waals surface area contributed by atoms with Gasteiger partial charge in [-0.15, -0.1) is 0 Å². The Kier molecular flexibility index (Phi) is 3.71. The summed E-state index contributed by atoms with van der Waals surface area (Å²) in [5, 5.41) is 4.46. The van der Waals surface area contributed by atoms with Crippen molar-refractivity contribution in [3.05, 3.63) is 89.7 Å². The summed E-state index contributed by atoms with van der Waals surface area (Å²) in [5.41, 5.74) is 5.65. The van der Waals surface area contributed by atoms with E-state index in [4.69, 9.17) is 0 Å². The first-order chi connectivity index (χ1) is 13.3. The second kappa shape index (κ2) is 6.36. The van der Waals surface area contributed by atoms with Gasteiger partial charge in [0.1, 0.15) is 5.56 Å². The van der Waals surface area contributed by atoms with Crippen LogP contribution in [0.2, 0.25) is 0 Å². The van der Waals surface area contributed by atoms with Crippen LogP contribution in [0, 0.1) is 0 Å². The highest BCUT2D eigenvalue weighted by Gasteiger charge is 2.25. The predicted octanol–water partition coefficient (Wildman–Crippen LogP) is 3.59. The molecule has 0 N–H and O–H groups in total. The molecule has 132 valence electrons. The van der Waals surface area contributed by atoms with Crippen LogP contribution in [0.1, 0.15) is 21.5 Å². The maximum absolute atomic E-state index is 13.2. The molecule has 2 aromatic heterocycles. The van der Waals surface area contributed by atoms with Crippen molar-refractivity contribution in [1.29, 1.82) is 0 Å². The topological polar surface area (TPSA) is 50.5 Å². The Balaban J connectivity index is 1.52. The third-order valence-corrected chi connectivity index (χ3v) is 5.12. The van der Waals surface area contributed by atoms with Gasteiger partial charge in [-0.1, -0.05) is 54.6 Å². The molecule has 0 unspecified atom stereocenters. The molecule has 0 aliphatic carbocycles. The van der Waals surface area contributed by atoms with E-state index in [1.165, 1.54) is 11.1 Å². The average Bonchev–Trinajstić information content (AvgIpc) is 3.17. The fraction of sp³-hybridized carbons (Fsp3) is 0.136. The number of fused-ring (bicyclic) bond motifs is 2. The highest BCUT2D eigenvalue weighted by molar-refractivity contribution is 6.00. The van der Waals surface area contributed by atoms with E-state index in [1.54, 1.807) is 16.9 Å². The first-order valence-corrected chi connectivity index (χ1v) is 9.05. The summed E-state index contributed by atoms with van der Waals surface area (Å²) in [6.45, 7) is 1.34. The number of carbonyl (C=O) groups excluding carboxylic acids is 1. The number of rotatable bonds is 2. The van der Waals surface area contributed by atoms with Gasteiger partial charge in [-0.2, -0.15) is 5.10 Å². The minimum absolute atomic E-state index is 0.0165. The zero-order valence-electron chi connectivity index (χ0n) is 14.7. The number of aromatic nitrogens is 3. The van der Waals surface area contributed by atoms with Crippen LogP contribution in [0.25, 0.3) is 16.9 Å². The molecule has 1 aliphatic heterocycles. The van der Waals surface area contributed by atoms with E-state index >= 15 is 0 Å². The molecule has 0 fully saturated rings. The molecule has 0 saturated carbocycles. The van der Waals surface area contributed by atoms with Crippen LogP contribution >= 0.6 is 0 Å². The number of nitrogens with zero attached hydrogens (tertiary/aromatic N) is 4. The lowest BCUT2D eigenvalue weighted by atomic mass is 9.99. The number of amides is 1. The molecule has 27 heavy (non-hydrogen) atoms. The van der Waals surface area contributed by atoms with Crippen LogP contribution < -0.4 is 0 Å². The zero-order valence-corrected chi connectivity index (χ0v) is 14.7. The van der Waals surface area contributed by atoms with E-state index < -0.39 is 0 Å². The average molecular weight is 354 g/mol. The molecule has 0 atom stereocenters. The highest BCUT2D eigenvalue weighted by atomic mass is 16.2. The Labute approximate surface area is 156 Å². The van der Waals surface area contributed by atoms with Crippen LogP contribution in [0.5, 0.6) is 0 Å². The van der Waals surface area contributed by atoms with Crippen molar-refractivity contribution in [2.24, 2.45) is 0 Å². The Hall–Kier alpha value is -3.47. The molecular formula is C22H18N4O. The van der Waals surface area contributed by atoms with Gasteiger partial charge in [-0.05, 0) is 23.6 Å². The molecular weight excluding hydrogens is 336 g/mol. The van der Waals surface area contributed by atoms with Gasteiger partial charge in [0.15, 0.2) is 5.65 Å². The third kappa shape index (κ3) is 2.68. The minimum Gasteiger partial charge on any atom is -0.334 e. The molecule has 0 bridgehead atoms. The van der Waals surface area contributed by atoms with Crippen molar-refractivity contribution in [2.75, 3.05) is 6.54 Å². The molecule has 5 nitrogen and oxygen atoms in total. The summed E-state index contributed by atoms with van der Waals surface area (Å²) in [7, 11) is 0. The number of benzene rings is 2. The summed E-state index contributed by atoms with van der Waals surface area (Å²) in [6.07, 6.45) is 4.25. The van der Waals surface area contributed by atoms with E-state index in [0.717, 1.165) is 17.7 Å². The molecule has 0 radical (unpaired) electrons. The molecule has 0 spiro atoms. The second-order valence-corrected chi connectivity index (χ2v) is 6.74. The van der Waals surface area contributed by atoms with E-state index in [0.29, 0.717) is 24.3 Å². The van der Waals surface area contributed by atoms with E-state index in [2.05, 4.69) is 28.3 Å². The van der Waals surface area contributed by atoms with Gasteiger partial charge < -0.3 is 4.90 Å². The highest BCUT2D eigenvalue weighted by Crippen LogP contribution is 2.24. The van der Waals surface area contributed by atoms with Crippen LogP contribution in [0.4, 0.5) is 0 Å². The van der Waals surface area contributed by atoms with E-state index in [1.807, 2.05) is 47.4 Å². The zero-order chi connectivity index (χ0) is 18.2. The summed E-state index contributed by atoms with van der Waals surface area (Å²) < 4.78 is 1.75.